The fourth-order valence-corrected chi connectivity index (χ4v) is 3.16. The lowest BCUT2D eigenvalue weighted by molar-refractivity contribution is 0.0946. The van der Waals surface area contributed by atoms with Crippen molar-refractivity contribution in [3.05, 3.63) is 82.7 Å². The van der Waals surface area contributed by atoms with E-state index in [4.69, 9.17) is 0 Å². The number of carbonyl (C=O) groups excluding carboxylic acids is 2. The second-order valence-corrected chi connectivity index (χ2v) is 6.88. The largest absolute Gasteiger partial charge is 0.357 e. The lowest BCUT2D eigenvalue weighted by Crippen LogP contribution is -2.20. The Kier molecular flexibility index (Phi) is 6.66. The third-order valence-corrected chi connectivity index (χ3v) is 4.66. The highest BCUT2D eigenvalue weighted by atomic mass is 16.2. The lowest BCUT2D eigenvalue weighted by atomic mass is 10.0. The van der Waals surface area contributed by atoms with Crippen molar-refractivity contribution in [3.8, 4) is 0 Å². The summed E-state index contributed by atoms with van der Waals surface area (Å²) in [6, 6.07) is 6.70. The van der Waals surface area contributed by atoms with E-state index in [1.807, 2.05) is 20.8 Å². The van der Waals surface area contributed by atoms with Gasteiger partial charge in [-0.25, -0.2) is 10.9 Å². The molecular weight excluding hydrogens is 394 g/mol. The summed E-state index contributed by atoms with van der Waals surface area (Å²) in [5, 5.41) is 8.43. The number of aromatic amines is 1. The molecule has 0 aliphatic carbocycles. The van der Waals surface area contributed by atoms with Crippen LogP contribution in [0.25, 0.3) is 0 Å². The van der Waals surface area contributed by atoms with E-state index < -0.39 is 0 Å². The van der Waals surface area contributed by atoms with Gasteiger partial charge in [0.15, 0.2) is 0 Å². The Morgan fingerprint density at radius 1 is 0.871 bits per heavy atom. The molecule has 9 nitrogen and oxygen atoms in total. The zero-order valence-corrected chi connectivity index (χ0v) is 17.7. The van der Waals surface area contributed by atoms with Gasteiger partial charge in [-0.3, -0.25) is 19.6 Å². The normalized spacial score (nSPS) is 11.9. The number of hydrogen-bond acceptors (Lipinski definition) is 6. The first-order chi connectivity index (χ1) is 14.9. The topological polar surface area (TPSA) is 124 Å². The van der Waals surface area contributed by atoms with E-state index >= 15 is 0 Å². The number of hydrogen-bond donors (Lipinski definition) is 3. The Bertz CT molecular complexity index is 1150. The Balaban J connectivity index is 1.76. The highest BCUT2D eigenvalue weighted by Crippen LogP contribution is 2.19. The number of pyridine rings is 2. The molecule has 0 atom stereocenters. The average Bonchev–Trinajstić information content (AvgIpc) is 3.10. The Hall–Kier alpha value is -4.14. The minimum absolute atomic E-state index is 0.339. The van der Waals surface area contributed by atoms with Crippen molar-refractivity contribution in [2.45, 2.75) is 27.7 Å². The van der Waals surface area contributed by atoms with Gasteiger partial charge in [0.25, 0.3) is 11.8 Å². The number of H-pyrrole nitrogens is 1. The SMILES string of the molecule is C/C(=N/NC(=O)c1cccnc1)c1c(C)[nH]c(/C(C)=N/NC(=O)c2cccnc2)c1C. The molecule has 3 aromatic heterocycles. The van der Waals surface area contributed by atoms with Gasteiger partial charge < -0.3 is 4.98 Å². The minimum atomic E-state index is -0.343. The standard InChI is InChI=1S/C22H23N7O2/c1-13-19(15(3)26-28-21(30)17-7-5-9-23-11-17)14(2)25-20(13)16(4)27-29-22(31)18-8-6-10-24-12-18/h5-12,25H,1-4H3,(H,28,30)(H,29,31)/b26-15-,27-16+. The summed E-state index contributed by atoms with van der Waals surface area (Å²) in [7, 11) is 0. The monoisotopic (exact) mass is 417 g/mol. The van der Waals surface area contributed by atoms with E-state index in [2.05, 4.69) is 36.0 Å². The molecule has 0 spiro atoms. The van der Waals surface area contributed by atoms with Crippen LogP contribution in [0.2, 0.25) is 0 Å². The minimum Gasteiger partial charge on any atom is -0.357 e. The van der Waals surface area contributed by atoms with Gasteiger partial charge in [-0.2, -0.15) is 10.2 Å². The first kappa shape index (κ1) is 21.6. The molecule has 158 valence electrons. The summed E-state index contributed by atoms with van der Waals surface area (Å²) in [6.45, 7) is 7.45. The van der Waals surface area contributed by atoms with Crippen LogP contribution in [0, 0.1) is 13.8 Å². The van der Waals surface area contributed by atoms with Crippen LogP contribution in [-0.2, 0) is 0 Å². The molecule has 3 aromatic rings. The van der Waals surface area contributed by atoms with Crippen molar-refractivity contribution >= 4 is 23.2 Å². The molecule has 3 heterocycles. The van der Waals surface area contributed by atoms with Gasteiger partial charge in [-0.05, 0) is 57.5 Å². The first-order valence-corrected chi connectivity index (χ1v) is 9.57. The van der Waals surface area contributed by atoms with Crippen molar-refractivity contribution in [3.63, 3.8) is 0 Å². The number of rotatable bonds is 6. The van der Waals surface area contributed by atoms with Crippen molar-refractivity contribution in [1.82, 2.24) is 25.8 Å². The maximum absolute atomic E-state index is 12.2. The molecule has 0 saturated carbocycles. The van der Waals surface area contributed by atoms with E-state index in [9.17, 15) is 9.59 Å². The molecule has 0 aliphatic heterocycles. The van der Waals surface area contributed by atoms with Crippen molar-refractivity contribution in [1.29, 1.82) is 0 Å². The van der Waals surface area contributed by atoms with Gasteiger partial charge in [-0.1, -0.05) is 0 Å². The third-order valence-electron chi connectivity index (χ3n) is 4.66. The van der Waals surface area contributed by atoms with Crippen molar-refractivity contribution in [2.75, 3.05) is 0 Å². The van der Waals surface area contributed by atoms with Gasteiger partial charge in [0.1, 0.15) is 0 Å². The number of nitrogens with zero attached hydrogens (tertiary/aromatic N) is 4. The van der Waals surface area contributed by atoms with Crippen LogP contribution in [0.4, 0.5) is 0 Å². The predicted molar refractivity (Wildman–Crippen MR) is 118 cm³/mol. The third kappa shape index (κ3) is 5.08. The van der Waals surface area contributed by atoms with Gasteiger partial charge in [-0.15, -0.1) is 0 Å². The van der Waals surface area contributed by atoms with E-state index in [0.29, 0.717) is 22.6 Å². The summed E-state index contributed by atoms with van der Waals surface area (Å²) < 4.78 is 0. The molecule has 0 bridgehead atoms. The zero-order chi connectivity index (χ0) is 22.4. The highest BCUT2D eigenvalue weighted by Gasteiger charge is 2.16. The van der Waals surface area contributed by atoms with E-state index in [-0.39, 0.29) is 11.8 Å². The van der Waals surface area contributed by atoms with E-state index in [1.165, 1.54) is 12.4 Å². The summed E-state index contributed by atoms with van der Waals surface area (Å²) in [6.07, 6.45) is 6.15. The fraction of sp³-hybridized carbons (Fsp3) is 0.182. The summed E-state index contributed by atoms with van der Waals surface area (Å²) in [4.78, 5) is 35.5. The molecule has 31 heavy (non-hydrogen) atoms. The molecular formula is C22H23N7O2. The van der Waals surface area contributed by atoms with Crippen LogP contribution < -0.4 is 10.9 Å². The van der Waals surface area contributed by atoms with Crippen LogP contribution in [0.15, 0.2) is 59.3 Å². The molecule has 0 aromatic carbocycles. The average molecular weight is 417 g/mol. The fourth-order valence-electron chi connectivity index (χ4n) is 3.16. The Morgan fingerprint density at radius 3 is 1.87 bits per heavy atom. The summed E-state index contributed by atoms with van der Waals surface area (Å²) >= 11 is 0. The summed E-state index contributed by atoms with van der Waals surface area (Å²) in [5.74, 6) is -0.682. The van der Waals surface area contributed by atoms with Crippen molar-refractivity contribution < 1.29 is 9.59 Å². The van der Waals surface area contributed by atoms with Crippen LogP contribution in [-0.4, -0.2) is 38.2 Å². The second-order valence-electron chi connectivity index (χ2n) is 6.88. The van der Waals surface area contributed by atoms with Crippen molar-refractivity contribution in [2.24, 2.45) is 10.2 Å². The van der Waals surface area contributed by atoms with Gasteiger partial charge in [0.05, 0.1) is 28.2 Å². The quantitative estimate of drug-likeness (QED) is 0.421. The maximum Gasteiger partial charge on any atom is 0.272 e. The van der Waals surface area contributed by atoms with E-state index in [1.54, 1.807) is 43.6 Å². The molecule has 0 aliphatic rings. The smallest absolute Gasteiger partial charge is 0.272 e. The van der Waals surface area contributed by atoms with Gasteiger partial charge >= 0.3 is 0 Å². The lowest BCUT2D eigenvalue weighted by Gasteiger charge is -2.05. The molecule has 2 amide bonds. The van der Waals surface area contributed by atoms with Crippen LogP contribution in [0.3, 0.4) is 0 Å². The number of aromatic nitrogens is 3. The van der Waals surface area contributed by atoms with Crippen LogP contribution in [0.1, 0.15) is 57.1 Å². The predicted octanol–water partition coefficient (Wildman–Crippen LogP) is 2.73. The number of hydrazone groups is 2. The highest BCUT2D eigenvalue weighted by molar-refractivity contribution is 6.07. The zero-order valence-electron chi connectivity index (χ0n) is 17.7. The number of carbonyl (C=O) groups is 2. The van der Waals surface area contributed by atoms with Crippen LogP contribution >= 0.6 is 0 Å². The van der Waals surface area contributed by atoms with Crippen LogP contribution in [0.5, 0.6) is 0 Å². The number of aryl methyl sites for hydroxylation is 1. The number of nitrogens with one attached hydrogen (secondary N) is 3. The molecule has 3 rings (SSSR count). The van der Waals surface area contributed by atoms with E-state index in [0.717, 1.165) is 22.5 Å². The Labute approximate surface area is 179 Å². The first-order valence-electron chi connectivity index (χ1n) is 9.57. The Morgan fingerprint density at radius 2 is 1.39 bits per heavy atom. The second kappa shape index (κ2) is 9.57. The van der Waals surface area contributed by atoms with Gasteiger partial charge in [0.2, 0.25) is 0 Å². The summed E-state index contributed by atoms with van der Waals surface area (Å²) in [5.41, 5.74) is 10.6. The molecule has 0 radical (unpaired) electrons. The van der Waals surface area contributed by atoms with Gasteiger partial charge in [0, 0.05) is 36.0 Å². The number of amides is 2. The molecule has 0 saturated heterocycles. The molecule has 3 N–H and O–H groups in total. The maximum atomic E-state index is 12.2. The molecule has 0 unspecified atom stereocenters. The molecule has 0 fully saturated rings. The molecule has 9 heteroatoms.